The highest BCUT2D eigenvalue weighted by Gasteiger charge is 2.20. The molecule has 0 radical (unpaired) electrons. The van der Waals surface area contributed by atoms with E-state index in [1.807, 2.05) is 12.1 Å². The Hall–Kier alpha value is -3.26. The molecule has 0 aromatic heterocycles. The summed E-state index contributed by atoms with van der Waals surface area (Å²) in [5, 5.41) is 4.79. The molecule has 2 aliphatic carbocycles. The van der Waals surface area contributed by atoms with Crippen LogP contribution in [0, 0.1) is 0 Å². The third-order valence-electron chi connectivity index (χ3n) is 7.41. The number of hydrogen-bond acceptors (Lipinski definition) is 2. The zero-order valence-corrected chi connectivity index (χ0v) is 18.2. The maximum atomic E-state index is 13.0. The zero-order chi connectivity index (χ0) is 21.7. The van der Waals surface area contributed by atoms with Gasteiger partial charge in [-0.05, 0) is 82.3 Å². The molecule has 4 aromatic rings. The van der Waals surface area contributed by atoms with E-state index in [1.54, 1.807) is 0 Å². The lowest BCUT2D eigenvalue weighted by Gasteiger charge is -2.09. The van der Waals surface area contributed by atoms with Gasteiger partial charge in [-0.2, -0.15) is 0 Å². The summed E-state index contributed by atoms with van der Waals surface area (Å²) in [6.45, 7) is 0. The van der Waals surface area contributed by atoms with Crippen LogP contribution in [0.5, 0.6) is 0 Å². The van der Waals surface area contributed by atoms with Gasteiger partial charge < -0.3 is 0 Å². The van der Waals surface area contributed by atoms with Gasteiger partial charge in [-0.25, -0.2) is 0 Å². The Morgan fingerprint density at radius 3 is 1.38 bits per heavy atom. The molecular weight excluding hydrogens is 392 g/mol. The number of aryl methyl sites for hydroxylation is 4. The van der Waals surface area contributed by atoms with E-state index in [0.717, 1.165) is 60.4 Å². The first-order chi connectivity index (χ1) is 15.7. The maximum Gasteiger partial charge on any atom is 0.163 e. The van der Waals surface area contributed by atoms with Gasteiger partial charge in [0.1, 0.15) is 0 Å². The first-order valence-corrected chi connectivity index (χ1v) is 11.8. The highest BCUT2D eigenvalue weighted by atomic mass is 16.1. The minimum atomic E-state index is 0.193. The summed E-state index contributed by atoms with van der Waals surface area (Å²) in [5.74, 6) is 0.386. The summed E-state index contributed by atoms with van der Waals surface area (Å²) in [4.78, 5) is 26.0. The van der Waals surface area contributed by atoms with Gasteiger partial charge in [0.05, 0.1) is 0 Å². The van der Waals surface area contributed by atoms with Gasteiger partial charge in [-0.1, -0.05) is 60.7 Å². The monoisotopic (exact) mass is 418 g/mol. The van der Waals surface area contributed by atoms with E-state index in [-0.39, 0.29) is 11.6 Å². The number of ketones is 2. The summed E-state index contributed by atoms with van der Waals surface area (Å²) in [7, 11) is 0. The summed E-state index contributed by atoms with van der Waals surface area (Å²) >= 11 is 0. The Labute approximate surface area is 188 Å². The van der Waals surface area contributed by atoms with Gasteiger partial charge in [0, 0.05) is 24.0 Å². The third kappa shape index (κ3) is 3.09. The number of carbonyl (C=O) groups excluding carboxylic acids is 2. The summed E-state index contributed by atoms with van der Waals surface area (Å²) in [6.07, 6.45) is 6.77. The van der Waals surface area contributed by atoms with Crippen LogP contribution >= 0.6 is 0 Å². The van der Waals surface area contributed by atoms with Crippen LogP contribution in [0.2, 0.25) is 0 Å². The number of carbonyl (C=O) groups is 2. The number of hydrogen-bond donors (Lipinski definition) is 0. The van der Waals surface area contributed by atoms with Crippen molar-refractivity contribution >= 4 is 33.1 Å². The number of Topliss-reactive ketones (excluding diaryl/α,β-unsaturated/α-hetero) is 2. The lowest BCUT2D eigenvalue weighted by Crippen LogP contribution is -2.03. The normalized spacial score (nSPS) is 13.9. The van der Waals surface area contributed by atoms with Gasteiger partial charge in [0.2, 0.25) is 0 Å². The first kappa shape index (κ1) is 19.4. The molecule has 158 valence electrons. The Balaban J connectivity index is 1.13. The molecule has 0 fully saturated rings. The fourth-order valence-corrected chi connectivity index (χ4v) is 5.82. The Morgan fingerprint density at radius 2 is 0.938 bits per heavy atom. The fraction of sp³-hybridized carbons (Fsp3) is 0.267. The molecule has 0 unspecified atom stereocenters. The Kier molecular flexibility index (Phi) is 4.68. The van der Waals surface area contributed by atoms with Crippen molar-refractivity contribution in [3.63, 3.8) is 0 Å². The Morgan fingerprint density at radius 1 is 0.531 bits per heavy atom. The first-order valence-electron chi connectivity index (χ1n) is 11.8. The van der Waals surface area contributed by atoms with Gasteiger partial charge in [0.25, 0.3) is 0 Å². The molecule has 0 N–H and O–H groups in total. The van der Waals surface area contributed by atoms with E-state index in [4.69, 9.17) is 0 Å². The van der Waals surface area contributed by atoms with Crippen molar-refractivity contribution in [2.45, 2.75) is 51.4 Å². The standard InChI is InChI=1S/C30H26O2/c31-27(23-17-15-21-13-11-19-5-3-7-25(23)29(19)21)9-1-2-10-28(32)24-18-16-22-14-12-20-6-4-8-26(24)30(20)22/h3-8,15-18H,1-2,9-14H2. The predicted molar refractivity (Wildman–Crippen MR) is 130 cm³/mol. The molecule has 32 heavy (non-hydrogen) atoms. The minimum absolute atomic E-state index is 0.193. The summed E-state index contributed by atoms with van der Waals surface area (Å²) < 4.78 is 0. The molecule has 2 heteroatoms. The van der Waals surface area contributed by atoms with Crippen molar-refractivity contribution in [2.75, 3.05) is 0 Å². The maximum absolute atomic E-state index is 13.0. The largest absolute Gasteiger partial charge is 0.294 e. The highest BCUT2D eigenvalue weighted by molar-refractivity contribution is 6.11. The topological polar surface area (TPSA) is 34.1 Å². The van der Waals surface area contributed by atoms with Crippen LogP contribution < -0.4 is 0 Å². The second-order valence-electron chi connectivity index (χ2n) is 9.28. The fourth-order valence-electron chi connectivity index (χ4n) is 5.82. The second kappa shape index (κ2) is 7.70. The van der Waals surface area contributed by atoms with Gasteiger partial charge >= 0.3 is 0 Å². The number of unbranched alkanes of at least 4 members (excludes halogenated alkanes) is 1. The van der Waals surface area contributed by atoms with Crippen molar-refractivity contribution in [3.05, 3.63) is 94.0 Å². The number of benzene rings is 4. The molecule has 0 saturated carbocycles. The van der Waals surface area contributed by atoms with Crippen molar-refractivity contribution < 1.29 is 9.59 Å². The van der Waals surface area contributed by atoms with Crippen LogP contribution in [0.25, 0.3) is 21.5 Å². The summed E-state index contributed by atoms with van der Waals surface area (Å²) in [6, 6.07) is 20.9. The van der Waals surface area contributed by atoms with E-state index < -0.39 is 0 Å². The predicted octanol–water partition coefficient (Wildman–Crippen LogP) is 6.82. The van der Waals surface area contributed by atoms with Crippen LogP contribution in [-0.2, 0) is 25.7 Å². The van der Waals surface area contributed by atoms with E-state index in [1.165, 1.54) is 33.0 Å². The lowest BCUT2D eigenvalue weighted by molar-refractivity contribution is 0.0956. The van der Waals surface area contributed by atoms with Crippen molar-refractivity contribution in [2.24, 2.45) is 0 Å². The molecule has 0 spiro atoms. The molecule has 2 aliphatic rings. The molecule has 4 aromatic carbocycles. The molecule has 2 nitrogen and oxygen atoms in total. The van der Waals surface area contributed by atoms with Crippen LogP contribution in [0.1, 0.15) is 68.7 Å². The van der Waals surface area contributed by atoms with E-state index in [2.05, 4.69) is 48.5 Å². The molecular formula is C30H26O2. The third-order valence-corrected chi connectivity index (χ3v) is 7.41. The highest BCUT2D eigenvalue weighted by Crippen LogP contribution is 2.34. The van der Waals surface area contributed by atoms with Crippen LogP contribution in [0.3, 0.4) is 0 Å². The summed E-state index contributed by atoms with van der Waals surface area (Å²) in [5.41, 5.74) is 7.13. The van der Waals surface area contributed by atoms with Crippen molar-refractivity contribution in [1.29, 1.82) is 0 Å². The Bertz CT molecular complexity index is 1280. The quantitative estimate of drug-likeness (QED) is 0.244. The smallest absolute Gasteiger partial charge is 0.163 e. The van der Waals surface area contributed by atoms with Gasteiger partial charge in [-0.15, -0.1) is 0 Å². The van der Waals surface area contributed by atoms with Crippen LogP contribution in [-0.4, -0.2) is 11.6 Å². The van der Waals surface area contributed by atoms with Crippen LogP contribution in [0.15, 0.2) is 60.7 Å². The number of rotatable bonds is 7. The molecule has 6 rings (SSSR count). The van der Waals surface area contributed by atoms with Gasteiger partial charge in [0.15, 0.2) is 11.6 Å². The molecule has 0 heterocycles. The van der Waals surface area contributed by atoms with Crippen molar-refractivity contribution in [3.8, 4) is 0 Å². The average molecular weight is 419 g/mol. The van der Waals surface area contributed by atoms with Crippen LogP contribution in [0.4, 0.5) is 0 Å². The van der Waals surface area contributed by atoms with Crippen molar-refractivity contribution in [1.82, 2.24) is 0 Å². The average Bonchev–Trinajstić information content (AvgIpc) is 3.44. The SMILES string of the molecule is O=C(CCCCC(=O)c1ccc2c3c(cccc13)CC2)c1ccc2c3c(cccc13)CC2. The molecule has 0 saturated heterocycles. The molecule has 0 amide bonds. The minimum Gasteiger partial charge on any atom is -0.294 e. The lowest BCUT2D eigenvalue weighted by atomic mass is 9.94. The van der Waals surface area contributed by atoms with Gasteiger partial charge in [-0.3, -0.25) is 9.59 Å². The zero-order valence-electron chi connectivity index (χ0n) is 18.2. The van der Waals surface area contributed by atoms with E-state index >= 15 is 0 Å². The molecule has 0 atom stereocenters. The molecule has 0 aliphatic heterocycles. The van der Waals surface area contributed by atoms with E-state index in [0.29, 0.717) is 12.8 Å². The second-order valence-corrected chi connectivity index (χ2v) is 9.28. The van der Waals surface area contributed by atoms with E-state index in [9.17, 15) is 9.59 Å². The molecule has 0 bridgehead atoms.